The molecule has 1 fully saturated rings. The van der Waals surface area contributed by atoms with E-state index in [0.717, 1.165) is 12.8 Å². The SMILES string of the molecule is NC(=S)C(c1ccccc1F)C1CCCC1. The van der Waals surface area contributed by atoms with Gasteiger partial charge in [0.1, 0.15) is 5.82 Å². The van der Waals surface area contributed by atoms with Crippen LogP contribution in [0.25, 0.3) is 0 Å². The van der Waals surface area contributed by atoms with Crippen LogP contribution in [0.5, 0.6) is 0 Å². The first kappa shape index (κ1) is 11.5. The molecule has 2 rings (SSSR count). The summed E-state index contributed by atoms with van der Waals surface area (Å²) in [6, 6.07) is 6.83. The number of benzene rings is 1. The van der Waals surface area contributed by atoms with Crippen LogP contribution in [0.1, 0.15) is 37.2 Å². The van der Waals surface area contributed by atoms with E-state index in [1.807, 2.05) is 6.07 Å². The van der Waals surface area contributed by atoms with E-state index in [2.05, 4.69) is 0 Å². The van der Waals surface area contributed by atoms with Gasteiger partial charge in [0, 0.05) is 5.92 Å². The molecule has 1 aliphatic carbocycles. The van der Waals surface area contributed by atoms with Crippen molar-refractivity contribution < 1.29 is 4.39 Å². The maximum absolute atomic E-state index is 13.7. The maximum atomic E-state index is 13.7. The third kappa shape index (κ3) is 2.24. The van der Waals surface area contributed by atoms with Crippen LogP contribution in [0.4, 0.5) is 4.39 Å². The van der Waals surface area contributed by atoms with Gasteiger partial charge < -0.3 is 5.73 Å². The molecule has 16 heavy (non-hydrogen) atoms. The van der Waals surface area contributed by atoms with Gasteiger partial charge >= 0.3 is 0 Å². The molecule has 0 bridgehead atoms. The molecule has 0 heterocycles. The van der Waals surface area contributed by atoms with Crippen LogP contribution in [0.3, 0.4) is 0 Å². The molecule has 1 atom stereocenters. The maximum Gasteiger partial charge on any atom is 0.127 e. The number of rotatable bonds is 3. The van der Waals surface area contributed by atoms with E-state index < -0.39 is 0 Å². The summed E-state index contributed by atoms with van der Waals surface area (Å²) in [4.78, 5) is 0.428. The van der Waals surface area contributed by atoms with Crippen LogP contribution in [0.15, 0.2) is 24.3 Å². The van der Waals surface area contributed by atoms with Gasteiger partial charge in [-0.05, 0) is 30.4 Å². The summed E-state index contributed by atoms with van der Waals surface area (Å²) in [6.45, 7) is 0. The van der Waals surface area contributed by atoms with E-state index in [-0.39, 0.29) is 11.7 Å². The molecular weight excluding hydrogens is 221 g/mol. The third-order valence-electron chi connectivity index (χ3n) is 3.42. The van der Waals surface area contributed by atoms with Gasteiger partial charge in [-0.2, -0.15) is 0 Å². The summed E-state index contributed by atoms with van der Waals surface area (Å²) in [5.41, 5.74) is 6.45. The van der Waals surface area contributed by atoms with Crippen molar-refractivity contribution in [1.29, 1.82) is 0 Å². The summed E-state index contributed by atoms with van der Waals surface area (Å²) >= 11 is 5.11. The molecule has 0 radical (unpaired) electrons. The predicted molar refractivity (Wildman–Crippen MR) is 67.9 cm³/mol. The third-order valence-corrected chi connectivity index (χ3v) is 3.67. The van der Waals surface area contributed by atoms with Gasteiger partial charge in [0.15, 0.2) is 0 Å². The standard InChI is InChI=1S/C13H16FNS/c14-11-8-4-3-7-10(11)12(13(15)16)9-5-1-2-6-9/h3-4,7-9,12H,1-2,5-6H2,(H2,15,16). The second-order valence-corrected chi connectivity index (χ2v) is 4.92. The fraction of sp³-hybridized carbons (Fsp3) is 0.462. The van der Waals surface area contributed by atoms with E-state index in [9.17, 15) is 4.39 Å². The molecule has 0 amide bonds. The highest BCUT2D eigenvalue weighted by Gasteiger charge is 2.29. The molecule has 1 nitrogen and oxygen atoms in total. The highest BCUT2D eigenvalue weighted by molar-refractivity contribution is 7.80. The van der Waals surface area contributed by atoms with Gasteiger partial charge in [-0.1, -0.05) is 43.3 Å². The van der Waals surface area contributed by atoms with Gasteiger partial charge in [0.05, 0.1) is 4.99 Å². The molecule has 1 unspecified atom stereocenters. The molecule has 3 heteroatoms. The van der Waals surface area contributed by atoms with Gasteiger partial charge in [-0.25, -0.2) is 4.39 Å². The van der Waals surface area contributed by atoms with Crippen LogP contribution in [-0.2, 0) is 0 Å². The average molecular weight is 237 g/mol. The molecule has 1 aliphatic rings. The molecule has 0 aromatic heterocycles. The van der Waals surface area contributed by atoms with Crippen molar-refractivity contribution in [2.45, 2.75) is 31.6 Å². The largest absolute Gasteiger partial charge is 0.393 e. The molecule has 2 N–H and O–H groups in total. The Kier molecular flexibility index (Phi) is 3.54. The van der Waals surface area contributed by atoms with E-state index in [4.69, 9.17) is 18.0 Å². The molecule has 1 saturated carbocycles. The molecule has 86 valence electrons. The minimum atomic E-state index is -0.188. The summed E-state index contributed by atoms with van der Waals surface area (Å²) < 4.78 is 13.7. The van der Waals surface area contributed by atoms with E-state index in [1.54, 1.807) is 12.1 Å². The van der Waals surface area contributed by atoms with Crippen molar-refractivity contribution in [3.8, 4) is 0 Å². The predicted octanol–water partition coefficient (Wildman–Crippen LogP) is 3.39. The van der Waals surface area contributed by atoms with Crippen LogP contribution in [-0.4, -0.2) is 4.99 Å². The topological polar surface area (TPSA) is 26.0 Å². The first-order valence-electron chi connectivity index (χ1n) is 5.74. The number of nitrogens with two attached hydrogens (primary N) is 1. The summed E-state index contributed by atoms with van der Waals surface area (Å²) in [6.07, 6.45) is 4.63. The monoisotopic (exact) mass is 237 g/mol. The Morgan fingerprint density at radius 1 is 1.31 bits per heavy atom. The number of hydrogen-bond acceptors (Lipinski definition) is 1. The Balaban J connectivity index is 2.32. The van der Waals surface area contributed by atoms with Crippen molar-refractivity contribution in [1.82, 2.24) is 0 Å². The van der Waals surface area contributed by atoms with Gasteiger partial charge in [-0.3, -0.25) is 0 Å². The van der Waals surface area contributed by atoms with E-state index >= 15 is 0 Å². The normalized spacial score (nSPS) is 18.6. The second-order valence-electron chi connectivity index (χ2n) is 4.45. The quantitative estimate of drug-likeness (QED) is 0.815. The fourth-order valence-corrected chi connectivity index (χ4v) is 2.98. The van der Waals surface area contributed by atoms with Crippen molar-refractivity contribution in [3.05, 3.63) is 35.6 Å². The van der Waals surface area contributed by atoms with Crippen LogP contribution in [0.2, 0.25) is 0 Å². The summed E-state index contributed by atoms with van der Waals surface area (Å²) in [5.74, 6) is 0.153. The smallest absolute Gasteiger partial charge is 0.127 e. The summed E-state index contributed by atoms with van der Waals surface area (Å²) in [7, 11) is 0. The van der Waals surface area contributed by atoms with Crippen molar-refractivity contribution in [3.63, 3.8) is 0 Å². The first-order chi connectivity index (χ1) is 7.70. The zero-order valence-corrected chi connectivity index (χ0v) is 9.97. The number of hydrogen-bond donors (Lipinski definition) is 1. The lowest BCUT2D eigenvalue weighted by atomic mass is 9.84. The highest BCUT2D eigenvalue weighted by Crippen LogP contribution is 2.38. The van der Waals surface area contributed by atoms with Crippen molar-refractivity contribution in [2.24, 2.45) is 11.7 Å². The minimum absolute atomic E-state index is 0.0845. The van der Waals surface area contributed by atoms with Crippen LogP contribution in [0, 0.1) is 11.7 Å². The molecule has 0 saturated heterocycles. The van der Waals surface area contributed by atoms with Gasteiger partial charge in [0.25, 0.3) is 0 Å². The van der Waals surface area contributed by atoms with Crippen molar-refractivity contribution in [2.75, 3.05) is 0 Å². The lowest BCUT2D eigenvalue weighted by molar-refractivity contribution is 0.492. The van der Waals surface area contributed by atoms with Crippen molar-refractivity contribution >= 4 is 17.2 Å². The first-order valence-corrected chi connectivity index (χ1v) is 6.14. The zero-order chi connectivity index (χ0) is 11.5. The Morgan fingerprint density at radius 3 is 2.50 bits per heavy atom. The molecular formula is C13H16FNS. The molecule has 0 spiro atoms. The van der Waals surface area contributed by atoms with E-state index in [1.165, 1.54) is 18.9 Å². The van der Waals surface area contributed by atoms with Gasteiger partial charge in [-0.15, -0.1) is 0 Å². The Morgan fingerprint density at radius 2 is 1.94 bits per heavy atom. The average Bonchev–Trinajstić information content (AvgIpc) is 2.74. The Labute approximate surface area is 101 Å². The lowest BCUT2D eigenvalue weighted by Crippen LogP contribution is -2.26. The minimum Gasteiger partial charge on any atom is -0.393 e. The Hall–Kier alpha value is -0.960. The number of thiocarbonyl (C=S) groups is 1. The lowest BCUT2D eigenvalue weighted by Gasteiger charge is -2.23. The number of halogens is 1. The van der Waals surface area contributed by atoms with E-state index in [0.29, 0.717) is 16.5 Å². The molecule has 1 aromatic rings. The molecule has 0 aliphatic heterocycles. The fourth-order valence-electron chi connectivity index (χ4n) is 2.66. The van der Waals surface area contributed by atoms with Gasteiger partial charge in [0.2, 0.25) is 0 Å². The van der Waals surface area contributed by atoms with Crippen LogP contribution < -0.4 is 5.73 Å². The highest BCUT2D eigenvalue weighted by atomic mass is 32.1. The second kappa shape index (κ2) is 4.91. The summed E-state index contributed by atoms with van der Waals surface area (Å²) in [5, 5.41) is 0. The zero-order valence-electron chi connectivity index (χ0n) is 9.16. The molecule has 1 aromatic carbocycles. The van der Waals surface area contributed by atoms with Crippen LogP contribution >= 0.6 is 12.2 Å². The Bertz CT molecular complexity index is 385.